The Morgan fingerprint density at radius 3 is 2.76 bits per heavy atom. The van der Waals surface area contributed by atoms with E-state index in [-0.39, 0.29) is 11.8 Å². The van der Waals surface area contributed by atoms with Gasteiger partial charge in [0.1, 0.15) is 23.2 Å². The Kier molecular flexibility index (Phi) is 7.87. The Labute approximate surface area is 222 Å². The lowest BCUT2D eigenvalue weighted by molar-refractivity contribution is -0.135. The second kappa shape index (κ2) is 11.6. The molecule has 1 aliphatic heterocycles. The molecule has 4 aromatic heterocycles. The molecule has 1 saturated heterocycles. The van der Waals surface area contributed by atoms with E-state index < -0.39 is 6.61 Å². The van der Waals surface area contributed by atoms with E-state index in [4.69, 9.17) is 14.8 Å². The number of likely N-dealkylation sites (tertiary alicyclic amines) is 1. The fourth-order valence-corrected chi connectivity index (χ4v) is 5.34. The summed E-state index contributed by atoms with van der Waals surface area (Å²) in [7, 11) is 0. The maximum absolute atomic E-state index is 11.7. The van der Waals surface area contributed by atoms with Crippen molar-refractivity contribution >= 4 is 40.2 Å². The Hall–Kier alpha value is -3.61. The largest absolute Gasteiger partial charge is 0.452 e. The van der Waals surface area contributed by atoms with Crippen LogP contribution in [0.15, 0.2) is 64.9 Å². The van der Waals surface area contributed by atoms with Crippen molar-refractivity contribution in [1.29, 1.82) is 0 Å². The highest BCUT2D eigenvalue weighted by Gasteiger charge is 2.26. The van der Waals surface area contributed by atoms with Gasteiger partial charge in [-0.2, -0.15) is 4.37 Å². The molecule has 0 radical (unpaired) electrons. The van der Waals surface area contributed by atoms with Gasteiger partial charge in [-0.1, -0.05) is 17.8 Å². The molecule has 5 heterocycles. The fourth-order valence-electron chi connectivity index (χ4n) is 3.92. The molecule has 0 spiro atoms. The molecule has 2 N–H and O–H groups in total. The second-order valence-electron chi connectivity index (χ2n) is 8.37. The first-order valence-electron chi connectivity index (χ1n) is 11.8. The third-order valence-corrected chi connectivity index (χ3v) is 7.44. The van der Waals surface area contributed by atoms with Gasteiger partial charge in [-0.25, -0.2) is 15.0 Å². The number of amides is 1. The van der Waals surface area contributed by atoms with E-state index in [1.54, 1.807) is 23.5 Å². The minimum Gasteiger partial charge on any atom is -0.452 e. The predicted molar refractivity (Wildman–Crippen MR) is 140 cm³/mol. The molecule has 4 aromatic rings. The van der Waals surface area contributed by atoms with Crippen LogP contribution in [-0.4, -0.2) is 59.9 Å². The number of nitrogens with one attached hydrogen (secondary N) is 1. The molecule has 1 amide bonds. The molecule has 0 saturated carbocycles. The lowest BCUT2D eigenvalue weighted by atomic mass is 9.96. The number of aryl methyl sites for hydroxylation is 1. The number of hydrogen-bond acceptors (Lipinski definition) is 11. The molecule has 190 valence electrons. The van der Waals surface area contributed by atoms with Gasteiger partial charge in [-0.3, -0.25) is 9.78 Å². The zero-order chi connectivity index (χ0) is 25.6. The highest BCUT2D eigenvalue weighted by Crippen LogP contribution is 2.37. The number of aromatic nitrogens is 5. The van der Waals surface area contributed by atoms with Crippen LogP contribution in [0.5, 0.6) is 11.5 Å². The zero-order valence-corrected chi connectivity index (χ0v) is 21.7. The van der Waals surface area contributed by atoms with Gasteiger partial charge in [-0.15, -0.1) is 0 Å². The highest BCUT2D eigenvalue weighted by molar-refractivity contribution is 7.99. The van der Waals surface area contributed by atoms with Gasteiger partial charge in [0, 0.05) is 60.1 Å². The van der Waals surface area contributed by atoms with Crippen molar-refractivity contribution < 1.29 is 14.6 Å². The van der Waals surface area contributed by atoms with Gasteiger partial charge >= 0.3 is 0 Å². The summed E-state index contributed by atoms with van der Waals surface area (Å²) >= 11 is 2.75. The van der Waals surface area contributed by atoms with E-state index in [1.807, 2.05) is 43.3 Å². The first-order valence-corrected chi connectivity index (χ1v) is 13.4. The number of pyridine rings is 3. The van der Waals surface area contributed by atoms with Gasteiger partial charge in [0.25, 0.3) is 0 Å². The SMILES string of the molecule is Cc1ncccc1Oc1cc(Sc2ccccn2)cnc1Nc1nc(C2CCN(C(=O)CO)CC2)ns1. The molecule has 12 heteroatoms. The monoisotopic (exact) mass is 535 g/mol. The van der Waals surface area contributed by atoms with E-state index in [2.05, 4.69) is 24.6 Å². The quantitative estimate of drug-likeness (QED) is 0.335. The highest BCUT2D eigenvalue weighted by atomic mass is 32.2. The van der Waals surface area contributed by atoms with Gasteiger partial charge in [0.2, 0.25) is 11.0 Å². The molecule has 5 rings (SSSR count). The number of ether oxygens (including phenoxy) is 1. The van der Waals surface area contributed by atoms with Crippen LogP contribution in [0.4, 0.5) is 10.9 Å². The van der Waals surface area contributed by atoms with Crippen LogP contribution in [-0.2, 0) is 4.79 Å². The van der Waals surface area contributed by atoms with Crippen LogP contribution in [0.3, 0.4) is 0 Å². The number of anilines is 2. The lowest BCUT2D eigenvalue weighted by Gasteiger charge is -2.30. The van der Waals surface area contributed by atoms with Crippen molar-refractivity contribution in [2.45, 2.75) is 35.6 Å². The number of carbonyl (C=O) groups is 1. The van der Waals surface area contributed by atoms with Crippen molar-refractivity contribution in [2.75, 3.05) is 25.0 Å². The van der Waals surface area contributed by atoms with E-state index >= 15 is 0 Å². The molecule has 0 bridgehead atoms. The van der Waals surface area contributed by atoms with Crippen molar-refractivity contribution in [3.8, 4) is 11.5 Å². The number of piperidine rings is 1. The van der Waals surface area contributed by atoms with Gasteiger partial charge in [0.15, 0.2) is 11.6 Å². The van der Waals surface area contributed by atoms with E-state index in [9.17, 15) is 4.79 Å². The summed E-state index contributed by atoms with van der Waals surface area (Å²) in [5, 5.41) is 13.8. The summed E-state index contributed by atoms with van der Waals surface area (Å²) in [6.45, 7) is 2.61. The summed E-state index contributed by atoms with van der Waals surface area (Å²) in [5.41, 5.74) is 0.764. The third kappa shape index (κ3) is 6.21. The molecule has 0 unspecified atom stereocenters. The smallest absolute Gasteiger partial charge is 0.248 e. The van der Waals surface area contributed by atoms with Crippen LogP contribution < -0.4 is 10.1 Å². The topological polar surface area (TPSA) is 126 Å². The van der Waals surface area contributed by atoms with E-state index in [0.29, 0.717) is 35.5 Å². The standard InChI is InChI=1S/C25H25N7O3S2/c1-16-19(5-4-10-26-16)35-20-13-18(36-21-6-2-3-9-27-21)14-28-24(20)30-25-29-23(31-37-25)17-7-11-32(12-8-17)22(34)15-33/h2-6,9-10,13-14,17,33H,7-8,11-12,15H2,1H3,(H,28,29,30,31). The van der Waals surface area contributed by atoms with Gasteiger partial charge in [-0.05, 0) is 44.0 Å². The number of aliphatic hydroxyl groups excluding tert-OH is 1. The second-order valence-corrected chi connectivity index (χ2v) is 10.2. The first-order chi connectivity index (χ1) is 18.1. The Bertz CT molecular complexity index is 1360. The van der Waals surface area contributed by atoms with E-state index in [1.165, 1.54) is 23.3 Å². The average molecular weight is 536 g/mol. The predicted octanol–water partition coefficient (Wildman–Crippen LogP) is 4.42. The Morgan fingerprint density at radius 1 is 1.16 bits per heavy atom. The molecule has 0 atom stereocenters. The van der Waals surface area contributed by atoms with Crippen molar-refractivity contribution in [1.82, 2.24) is 29.2 Å². The van der Waals surface area contributed by atoms with Crippen LogP contribution in [0.1, 0.15) is 30.3 Å². The van der Waals surface area contributed by atoms with Crippen LogP contribution in [0.25, 0.3) is 0 Å². The molecule has 10 nitrogen and oxygen atoms in total. The Morgan fingerprint density at radius 2 is 2.00 bits per heavy atom. The normalized spacial score (nSPS) is 13.9. The summed E-state index contributed by atoms with van der Waals surface area (Å²) in [5.74, 6) is 2.35. The van der Waals surface area contributed by atoms with Crippen LogP contribution in [0, 0.1) is 6.92 Å². The maximum atomic E-state index is 11.7. The first kappa shape index (κ1) is 25.1. The van der Waals surface area contributed by atoms with Crippen molar-refractivity contribution in [3.05, 3.63) is 66.5 Å². The number of aliphatic hydroxyl groups is 1. The van der Waals surface area contributed by atoms with Crippen LogP contribution >= 0.6 is 23.3 Å². The maximum Gasteiger partial charge on any atom is 0.248 e. The average Bonchev–Trinajstić information content (AvgIpc) is 3.40. The van der Waals surface area contributed by atoms with E-state index in [0.717, 1.165) is 34.3 Å². The van der Waals surface area contributed by atoms with Crippen molar-refractivity contribution in [2.24, 2.45) is 0 Å². The summed E-state index contributed by atoms with van der Waals surface area (Å²) < 4.78 is 10.8. The molecular weight excluding hydrogens is 510 g/mol. The molecule has 0 aromatic carbocycles. The van der Waals surface area contributed by atoms with Crippen molar-refractivity contribution in [3.63, 3.8) is 0 Å². The van der Waals surface area contributed by atoms with Crippen LogP contribution in [0.2, 0.25) is 0 Å². The third-order valence-electron chi connectivity index (χ3n) is 5.88. The number of carbonyl (C=O) groups excluding carboxylic acids is 1. The zero-order valence-electron chi connectivity index (χ0n) is 20.1. The minimum absolute atomic E-state index is 0.161. The molecule has 1 fully saturated rings. The summed E-state index contributed by atoms with van der Waals surface area (Å²) in [6, 6.07) is 11.4. The number of hydrogen-bond donors (Lipinski definition) is 2. The Balaban J connectivity index is 1.34. The number of nitrogens with zero attached hydrogens (tertiary/aromatic N) is 6. The summed E-state index contributed by atoms with van der Waals surface area (Å²) in [6.07, 6.45) is 6.76. The lowest BCUT2D eigenvalue weighted by Crippen LogP contribution is -2.39. The van der Waals surface area contributed by atoms with Gasteiger partial charge < -0.3 is 20.1 Å². The number of rotatable bonds is 8. The summed E-state index contributed by atoms with van der Waals surface area (Å²) in [4.78, 5) is 32.3. The van der Waals surface area contributed by atoms with Gasteiger partial charge in [0.05, 0.1) is 5.69 Å². The minimum atomic E-state index is -0.456. The molecular formula is C25H25N7O3S2. The molecule has 0 aliphatic carbocycles. The molecule has 37 heavy (non-hydrogen) atoms. The fraction of sp³-hybridized carbons (Fsp3) is 0.280. The molecule has 1 aliphatic rings.